The number of carbonyl (C=O) groups is 1. The first kappa shape index (κ1) is 19.9. The van der Waals surface area contributed by atoms with Gasteiger partial charge in [-0.25, -0.2) is 0 Å². The van der Waals surface area contributed by atoms with E-state index in [4.69, 9.17) is 14.2 Å². The fourth-order valence-electron chi connectivity index (χ4n) is 2.94. The average molecular weight is 391 g/mol. The van der Waals surface area contributed by atoms with E-state index in [0.717, 1.165) is 16.8 Å². The normalized spacial score (nSPS) is 10.7. The van der Waals surface area contributed by atoms with Crippen LogP contribution in [0.4, 0.5) is 0 Å². The van der Waals surface area contributed by atoms with Gasteiger partial charge in [0.05, 0.1) is 27.0 Å². The Morgan fingerprint density at radius 2 is 1.69 bits per heavy atom. The molecule has 3 aromatic rings. The van der Waals surface area contributed by atoms with Gasteiger partial charge in [-0.05, 0) is 23.8 Å². The molecule has 2 aromatic carbocycles. The zero-order chi connectivity index (χ0) is 20.8. The van der Waals surface area contributed by atoms with Crippen molar-refractivity contribution >= 4 is 11.9 Å². The molecule has 0 saturated heterocycles. The molecule has 0 aliphatic heterocycles. The molecule has 1 heterocycles. The molecule has 0 atom stereocenters. The number of rotatable bonds is 7. The molecular formula is C23H21NO5. The highest BCUT2D eigenvalue weighted by Gasteiger charge is 2.24. The van der Waals surface area contributed by atoms with Crippen molar-refractivity contribution in [2.45, 2.75) is 0 Å². The van der Waals surface area contributed by atoms with Crippen molar-refractivity contribution in [3.63, 3.8) is 0 Å². The van der Waals surface area contributed by atoms with Crippen LogP contribution in [0.1, 0.15) is 15.9 Å². The lowest BCUT2D eigenvalue weighted by Crippen LogP contribution is -2.03. The van der Waals surface area contributed by atoms with E-state index in [1.807, 2.05) is 42.5 Å². The summed E-state index contributed by atoms with van der Waals surface area (Å²) in [6.07, 6.45) is 4.78. The molecule has 6 heteroatoms. The van der Waals surface area contributed by atoms with Crippen molar-refractivity contribution < 1.29 is 24.1 Å². The van der Waals surface area contributed by atoms with Gasteiger partial charge in [0.25, 0.3) is 0 Å². The predicted octanol–water partition coefficient (Wildman–Crippen LogP) is 4.38. The van der Waals surface area contributed by atoms with Crippen LogP contribution in [0.2, 0.25) is 0 Å². The molecule has 0 unspecified atom stereocenters. The highest BCUT2D eigenvalue weighted by atomic mass is 16.5. The number of phenolic OH excluding ortho intramolecular Hbond substituents is 1. The van der Waals surface area contributed by atoms with Crippen LogP contribution in [0, 0.1) is 0 Å². The summed E-state index contributed by atoms with van der Waals surface area (Å²) in [6, 6.07) is 14.7. The molecule has 0 bridgehead atoms. The fourth-order valence-corrected chi connectivity index (χ4v) is 2.94. The fraction of sp³-hybridized carbons (Fsp3) is 0.130. The van der Waals surface area contributed by atoms with Crippen molar-refractivity contribution in [1.82, 2.24) is 4.98 Å². The number of benzene rings is 2. The molecule has 0 saturated carbocycles. The minimum absolute atomic E-state index is 0.00602. The second kappa shape index (κ2) is 8.93. The number of allylic oxidation sites excluding steroid dienone is 1. The Morgan fingerprint density at radius 1 is 0.966 bits per heavy atom. The molecule has 3 rings (SSSR count). The van der Waals surface area contributed by atoms with Gasteiger partial charge in [-0.3, -0.25) is 9.78 Å². The van der Waals surface area contributed by atoms with E-state index in [-0.39, 0.29) is 28.6 Å². The summed E-state index contributed by atoms with van der Waals surface area (Å²) in [6.45, 7) is 0. The molecule has 6 nitrogen and oxygen atoms in total. The first-order valence-corrected chi connectivity index (χ1v) is 8.84. The topological polar surface area (TPSA) is 77.9 Å². The Kier molecular flexibility index (Phi) is 6.14. The minimum atomic E-state index is -0.422. The minimum Gasteiger partial charge on any atom is -0.507 e. The Morgan fingerprint density at radius 3 is 2.28 bits per heavy atom. The van der Waals surface area contributed by atoms with Crippen molar-refractivity contribution in [2.24, 2.45) is 0 Å². The molecule has 0 radical (unpaired) electrons. The van der Waals surface area contributed by atoms with E-state index in [0.29, 0.717) is 0 Å². The standard InChI is InChI=1S/C23H21NO5/c1-27-20-14-19(26)21(23(29-3)22(20)28-2)18(25)12-9-15-7-10-16(11-8-15)17-6-4-5-13-24-17/h4-14,26H,1-3H3/b12-9+. The molecule has 0 aliphatic carbocycles. The Hall–Kier alpha value is -3.80. The van der Waals surface area contributed by atoms with Gasteiger partial charge < -0.3 is 19.3 Å². The molecule has 148 valence electrons. The van der Waals surface area contributed by atoms with Crippen molar-refractivity contribution in [1.29, 1.82) is 0 Å². The number of methoxy groups -OCH3 is 3. The maximum Gasteiger partial charge on any atom is 0.204 e. The Bertz CT molecular complexity index is 1030. The first-order chi connectivity index (χ1) is 14.1. The quantitative estimate of drug-likeness (QED) is 0.476. The summed E-state index contributed by atoms with van der Waals surface area (Å²) >= 11 is 0. The van der Waals surface area contributed by atoms with E-state index >= 15 is 0 Å². The van der Waals surface area contributed by atoms with Gasteiger partial charge in [-0.15, -0.1) is 0 Å². The van der Waals surface area contributed by atoms with E-state index in [1.54, 1.807) is 12.3 Å². The van der Waals surface area contributed by atoms with Crippen LogP contribution in [-0.2, 0) is 0 Å². The van der Waals surface area contributed by atoms with Crippen LogP contribution >= 0.6 is 0 Å². The van der Waals surface area contributed by atoms with Crippen molar-refractivity contribution in [3.8, 4) is 34.3 Å². The van der Waals surface area contributed by atoms with Crippen LogP contribution in [0.15, 0.2) is 60.8 Å². The second-order valence-electron chi connectivity index (χ2n) is 6.07. The lowest BCUT2D eigenvalue weighted by molar-refractivity contribution is 0.104. The van der Waals surface area contributed by atoms with E-state index in [9.17, 15) is 9.90 Å². The summed E-state index contributed by atoms with van der Waals surface area (Å²) in [5.41, 5.74) is 2.69. The van der Waals surface area contributed by atoms with Gasteiger partial charge in [0, 0.05) is 17.8 Å². The smallest absolute Gasteiger partial charge is 0.204 e. The maximum absolute atomic E-state index is 12.7. The SMILES string of the molecule is COc1cc(O)c(C(=O)/C=C/c2ccc(-c3ccccn3)cc2)c(OC)c1OC. The largest absolute Gasteiger partial charge is 0.507 e. The number of nitrogens with zero attached hydrogens (tertiary/aromatic N) is 1. The molecule has 0 spiro atoms. The van der Waals surface area contributed by atoms with E-state index in [2.05, 4.69) is 4.98 Å². The van der Waals surface area contributed by atoms with Crippen molar-refractivity contribution in [2.75, 3.05) is 21.3 Å². The Balaban J connectivity index is 1.87. The van der Waals surface area contributed by atoms with Gasteiger partial charge in [-0.2, -0.15) is 0 Å². The number of aromatic hydroxyl groups is 1. The van der Waals surface area contributed by atoms with Crippen LogP contribution in [0.25, 0.3) is 17.3 Å². The average Bonchev–Trinajstić information content (AvgIpc) is 2.77. The zero-order valence-electron chi connectivity index (χ0n) is 16.4. The number of pyridine rings is 1. The first-order valence-electron chi connectivity index (χ1n) is 8.84. The predicted molar refractivity (Wildman–Crippen MR) is 111 cm³/mol. The van der Waals surface area contributed by atoms with Crippen LogP contribution in [-0.4, -0.2) is 37.2 Å². The second-order valence-corrected chi connectivity index (χ2v) is 6.07. The molecule has 29 heavy (non-hydrogen) atoms. The molecule has 1 N–H and O–H groups in total. The summed E-state index contributed by atoms with van der Waals surface area (Å²) in [5, 5.41) is 10.3. The van der Waals surface area contributed by atoms with Gasteiger partial charge in [0.2, 0.25) is 5.75 Å². The number of carbonyl (C=O) groups excluding carboxylic acids is 1. The number of ketones is 1. The molecule has 1 aromatic heterocycles. The third-order valence-electron chi connectivity index (χ3n) is 4.35. The summed E-state index contributed by atoms with van der Waals surface area (Å²) in [4.78, 5) is 17.1. The van der Waals surface area contributed by atoms with Crippen molar-refractivity contribution in [3.05, 3.63) is 71.9 Å². The third kappa shape index (κ3) is 4.21. The molecule has 0 fully saturated rings. The summed E-state index contributed by atoms with van der Waals surface area (Å²) in [7, 11) is 4.27. The van der Waals surface area contributed by atoms with E-state index < -0.39 is 5.78 Å². The Labute approximate surface area is 169 Å². The van der Waals surface area contributed by atoms with Gasteiger partial charge in [0.1, 0.15) is 11.3 Å². The van der Waals surface area contributed by atoms with Crippen LogP contribution < -0.4 is 14.2 Å². The molecular weight excluding hydrogens is 370 g/mol. The highest BCUT2D eigenvalue weighted by molar-refractivity contribution is 6.11. The highest BCUT2D eigenvalue weighted by Crippen LogP contribution is 2.44. The number of phenols is 1. The van der Waals surface area contributed by atoms with Gasteiger partial charge in [-0.1, -0.05) is 36.4 Å². The molecule has 0 amide bonds. The van der Waals surface area contributed by atoms with Gasteiger partial charge in [0.15, 0.2) is 17.3 Å². The lowest BCUT2D eigenvalue weighted by Gasteiger charge is -2.15. The summed E-state index contributed by atoms with van der Waals surface area (Å²) < 4.78 is 15.8. The number of aromatic nitrogens is 1. The van der Waals surface area contributed by atoms with Crippen LogP contribution in [0.3, 0.4) is 0 Å². The lowest BCUT2D eigenvalue weighted by atomic mass is 10.0. The number of ether oxygens (including phenoxy) is 3. The summed E-state index contributed by atoms with van der Waals surface area (Å²) in [5.74, 6) is -0.0463. The van der Waals surface area contributed by atoms with Gasteiger partial charge >= 0.3 is 0 Å². The molecule has 0 aliphatic rings. The van der Waals surface area contributed by atoms with E-state index in [1.165, 1.54) is 33.5 Å². The van der Waals surface area contributed by atoms with Crippen LogP contribution in [0.5, 0.6) is 23.0 Å². The maximum atomic E-state index is 12.7. The monoisotopic (exact) mass is 391 g/mol. The zero-order valence-corrected chi connectivity index (χ0v) is 16.4. The number of hydrogen-bond acceptors (Lipinski definition) is 6. The number of hydrogen-bond donors (Lipinski definition) is 1. The third-order valence-corrected chi connectivity index (χ3v) is 4.35.